The lowest BCUT2D eigenvalue weighted by molar-refractivity contribution is 0.0970. The highest BCUT2D eigenvalue weighted by Gasteiger charge is 2.31. The fourth-order valence-electron chi connectivity index (χ4n) is 4.08. The van der Waals surface area contributed by atoms with Crippen LogP contribution >= 0.6 is 11.6 Å². The van der Waals surface area contributed by atoms with E-state index in [1.54, 1.807) is 24.3 Å². The lowest BCUT2D eigenvalue weighted by atomic mass is 10.1. The summed E-state index contributed by atoms with van der Waals surface area (Å²) in [5, 5.41) is 0.782. The van der Waals surface area contributed by atoms with E-state index in [0.717, 1.165) is 11.4 Å². The Bertz CT molecular complexity index is 1310. The first-order valence-corrected chi connectivity index (χ1v) is 11.4. The Morgan fingerprint density at radius 3 is 2.72 bits per heavy atom. The first-order chi connectivity index (χ1) is 13.7. The highest BCUT2D eigenvalue weighted by atomic mass is 35.5. The van der Waals surface area contributed by atoms with Crippen LogP contribution in [0, 0.1) is 13.8 Å². The number of nitrogens with zero attached hydrogens (tertiary/aromatic N) is 3. The van der Waals surface area contributed by atoms with Crippen molar-refractivity contribution < 1.29 is 13.2 Å². The minimum Gasteiger partial charge on any atom is -0.344 e. The average Bonchev–Trinajstić information content (AvgIpc) is 3.16. The number of Topliss-reactive ketones (excluding diaryl/α,β-unsaturated/α-hetero) is 1. The van der Waals surface area contributed by atoms with Gasteiger partial charge in [0.2, 0.25) is 0 Å². The molecule has 0 spiro atoms. The van der Waals surface area contributed by atoms with E-state index in [4.69, 9.17) is 11.6 Å². The van der Waals surface area contributed by atoms with Gasteiger partial charge in [0.05, 0.1) is 35.3 Å². The number of carbonyl (C=O) groups excluding carboxylic acids is 1. The van der Waals surface area contributed by atoms with Crippen LogP contribution in [0.5, 0.6) is 0 Å². The Labute approximate surface area is 172 Å². The van der Waals surface area contributed by atoms with Crippen molar-refractivity contribution in [3.05, 3.63) is 62.9 Å². The molecular weight excluding hydrogens is 414 g/mol. The Hall–Kier alpha value is -2.45. The van der Waals surface area contributed by atoms with E-state index in [9.17, 15) is 18.0 Å². The summed E-state index contributed by atoms with van der Waals surface area (Å²) in [4.78, 5) is 29.9. The van der Waals surface area contributed by atoms with Crippen molar-refractivity contribution in [2.75, 3.05) is 11.5 Å². The van der Waals surface area contributed by atoms with Crippen LogP contribution in [0.1, 0.15) is 34.2 Å². The van der Waals surface area contributed by atoms with E-state index in [1.165, 1.54) is 10.9 Å². The number of sulfone groups is 1. The number of fused-ring (bicyclic) bond motifs is 1. The lowest BCUT2D eigenvalue weighted by Crippen LogP contribution is -2.25. The molecule has 2 aromatic heterocycles. The van der Waals surface area contributed by atoms with Gasteiger partial charge in [-0.15, -0.1) is 0 Å². The third kappa shape index (κ3) is 3.62. The maximum atomic E-state index is 13.0. The number of aromatic nitrogens is 3. The van der Waals surface area contributed by atoms with Crippen molar-refractivity contribution in [2.24, 2.45) is 0 Å². The summed E-state index contributed by atoms with van der Waals surface area (Å²) in [6, 6.07) is 6.46. The molecule has 3 aromatic rings. The molecule has 4 rings (SSSR count). The summed E-state index contributed by atoms with van der Waals surface area (Å²) < 4.78 is 26.9. The standard InChI is InChI=1S/C20H20ClN3O4S/c1-12-7-16(13(2)24(12)15-5-6-29(27,28)10-15)19(25)9-23-11-22-18-4-3-14(21)8-17(18)20(23)26/h3-4,7-8,11,15H,5-6,9-10H2,1-2H3/t15-/m1/s1. The number of halogens is 1. The van der Waals surface area contributed by atoms with E-state index in [2.05, 4.69) is 4.98 Å². The maximum Gasteiger partial charge on any atom is 0.261 e. The fourth-order valence-corrected chi connectivity index (χ4v) is 5.96. The van der Waals surface area contributed by atoms with Gasteiger partial charge < -0.3 is 4.57 Å². The number of hydrogen-bond acceptors (Lipinski definition) is 5. The molecule has 1 aromatic carbocycles. The quantitative estimate of drug-likeness (QED) is 0.590. The second-order valence-electron chi connectivity index (χ2n) is 7.47. The molecule has 1 aliphatic rings. The van der Waals surface area contributed by atoms with E-state index in [-0.39, 0.29) is 35.4 Å². The van der Waals surface area contributed by atoms with Crippen LogP contribution in [0.4, 0.5) is 0 Å². The average molecular weight is 434 g/mol. The van der Waals surface area contributed by atoms with E-state index < -0.39 is 9.84 Å². The molecule has 0 radical (unpaired) electrons. The molecule has 9 heteroatoms. The van der Waals surface area contributed by atoms with Gasteiger partial charge in [-0.1, -0.05) is 11.6 Å². The summed E-state index contributed by atoms with van der Waals surface area (Å²) >= 11 is 5.98. The minimum absolute atomic E-state index is 0.0891. The van der Waals surface area contributed by atoms with Gasteiger partial charge in [-0.25, -0.2) is 13.4 Å². The second-order valence-corrected chi connectivity index (χ2v) is 10.1. The first kappa shape index (κ1) is 19.8. The van der Waals surface area contributed by atoms with Gasteiger partial charge in [0.15, 0.2) is 15.6 Å². The summed E-state index contributed by atoms with van der Waals surface area (Å²) in [6.07, 6.45) is 1.90. The van der Waals surface area contributed by atoms with Crippen molar-refractivity contribution in [2.45, 2.75) is 32.9 Å². The van der Waals surface area contributed by atoms with Crippen molar-refractivity contribution in [1.29, 1.82) is 0 Å². The molecule has 0 unspecified atom stereocenters. The number of rotatable bonds is 4. The van der Waals surface area contributed by atoms with Gasteiger partial charge in [0.1, 0.15) is 0 Å². The predicted octanol–water partition coefficient (Wildman–Crippen LogP) is 2.71. The highest BCUT2D eigenvalue weighted by molar-refractivity contribution is 7.91. The van der Waals surface area contributed by atoms with E-state index in [0.29, 0.717) is 27.9 Å². The lowest BCUT2D eigenvalue weighted by Gasteiger charge is -2.16. The van der Waals surface area contributed by atoms with Crippen LogP contribution in [-0.4, -0.2) is 39.8 Å². The number of ketones is 1. The largest absolute Gasteiger partial charge is 0.344 e. The van der Waals surface area contributed by atoms with E-state index in [1.807, 2.05) is 18.4 Å². The van der Waals surface area contributed by atoms with Crippen LogP contribution in [0.3, 0.4) is 0 Å². The summed E-state index contributed by atoms with van der Waals surface area (Å²) in [7, 11) is -3.04. The maximum absolute atomic E-state index is 13.0. The van der Waals surface area contributed by atoms with E-state index >= 15 is 0 Å². The first-order valence-electron chi connectivity index (χ1n) is 9.23. The number of carbonyl (C=O) groups is 1. The SMILES string of the molecule is Cc1cc(C(=O)Cn2cnc3ccc(Cl)cc3c2=O)c(C)n1[C@@H]1CCS(=O)(=O)C1. The molecule has 0 bridgehead atoms. The molecule has 3 heterocycles. The third-order valence-electron chi connectivity index (χ3n) is 5.46. The summed E-state index contributed by atoms with van der Waals surface area (Å²) in [6.45, 7) is 3.52. The van der Waals surface area contributed by atoms with Gasteiger partial charge >= 0.3 is 0 Å². The predicted molar refractivity (Wildman–Crippen MR) is 112 cm³/mol. The van der Waals surface area contributed by atoms with Crippen molar-refractivity contribution in [3.63, 3.8) is 0 Å². The molecule has 1 saturated heterocycles. The second kappa shape index (κ2) is 7.11. The third-order valence-corrected chi connectivity index (χ3v) is 7.44. The van der Waals surface area contributed by atoms with Gasteiger partial charge in [-0.3, -0.25) is 14.2 Å². The van der Waals surface area contributed by atoms with Crippen LogP contribution in [-0.2, 0) is 16.4 Å². The normalized spacial score (nSPS) is 18.4. The molecule has 1 aliphatic heterocycles. The molecule has 1 atom stereocenters. The van der Waals surface area contributed by atoms with Crippen LogP contribution in [0.15, 0.2) is 35.4 Å². The van der Waals surface area contributed by atoms with Gasteiger partial charge in [0.25, 0.3) is 5.56 Å². The number of hydrogen-bond donors (Lipinski definition) is 0. The van der Waals surface area contributed by atoms with Crippen LogP contribution < -0.4 is 5.56 Å². The monoisotopic (exact) mass is 433 g/mol. The smallest absolute Gasteiger partial charge is 0.261 e. The Kier molecular flexibility index (Phi) is 4.86. The molecule has 0 aliphatic carbocycles. The topological polar surface area (TPSA) is 91.0 Å². The van der Waals surface area contributed by atoms with Crippen LogP contribution in [0.25, 0.3) is 10.9 Å². The Balaban J connectivity index is 1.66. The zero-order valence-electron chi connectivity index (χ0n) is 16.1. The molecule has 0 amide bonds. The van der Waals surface area contributed by atoms with Gasteiger partial charge in [-0.2, -0.15) is 0 Å². The van der Waals surface area contributed by atoms with Crippen molar-refractivity contribution in [3.8, 4) is 0 Å². The van der Waals surface area contributed by atoms with Gasteiger partial charge in [-0.05, 0) is 44.5 Å². The van der Waals surface area contributed by atoms with Crippen molar-refractivity contribution in [1.82, 2.24) is 14.1 Å². The van der Waals surface area contributed by atoms with Crippen molar-refractivity contribution >= 4 is 38.1 Å². The zero-order chi connectivity index (χ0) is 20.9. The molecule has 1 fully saturated rings. The number of aryl methyl sites for hydroxylation is 1. The summed E-state index contributed by atoms with van der Waals surface area (Å²) in [5.74, 6) is 0.0281. The van der Waals surface area contributed by atoms with Gasteiger partial charge in [0, 0.05) is 28.0 Å². The number of benzene rings is 1. The molecule has 0 N–H and O–H groups in total. The molecule has 7 nitrogen and oxygen atoms in total. The fraction of sp³-hybridized carbons (Fsp3) is 0.350. The molecule has 29 heavy (non-hydrogen) atoms. The zero-order valence-corrected chi connectivity index (χ0v) is 17.6. The molecule has 0 saturated carbocycles. The Morgan fingerprint density at radius 2 is 2.03 bits per heavy atom. The Morgan fingerprint density at radius 1 is 1.28 bits per heavy atom. The highest BCUT2D eigenvalue weighted by Crippen LogP contribution is 2.29. The molecule has 152 valence electrons. The summed E-state index contributed by atoms with van der Waals surface area (Å²) in [5.41, 5.74) is 2.23. The van der Waals surface area contributed by atoms with Crippen LogP contribution in [0.2, 0.25) is 5.02 Å². The molecular formula is C20H20ClN3O4S. The minimum atomic E-state index is -3.04.